The third kappa shape index (κ3) is 6.73. The quantitative estimate of drug-likeness (QED) is 0.500. The first-order valence-corrected chi connectivity index (χ1v) is 7.37. The van der Waals surface area contributed by atoms with Crippen molar-refractivity contribution in [2.45, 2.75) is 21.3 Å². The SMILES string of the molecule is C.CC(=O)O.Cc1cc(C#N)c(F)cc1N.N#Cc1cc2cn[nH]c2cc1F. The molecule has 0 aliphatic heterocycles. The molecule has 0 saturated heterocycles. The number of nitriles is 2. The Labute approximate surface area is 160 Å². The maximum absolute atomic E-state index is 12.9. The van der Waals surface area contributed by atoms with Crippen LogP contribution in [-0.4, -0.2) is 21.3 Å². The van der Waals surface area contributed by atoms with Crippen LogP contribution in [0.25, 0.3) is 10.9 Å². The van der Waals surface area contributed by atoms with Crippen molar-refractivity contribution in [3.63, 3.8) is 0 Å². The van der Waals surface area contributed by atoms with Crippen molar-refractivity contribution in [2.75, 3.05) is 5.73 Å². The zero-order chi connectivity index (χ0) is 20.6. The fourth-order valence-electron chi connectivity index (χ4n) is 1.83. The fraction of sp³-hybridized carbons (Fsp3) is 0.158. The number of aryl methyl sites for hydroxylation is 1. The van der Waals surface area contributed by atoms with Gasteiger partial charge in [-0.05, 0) is 30.7 Å². The molecule has 0 aliphatic carbocycles. The summed E-state index contributed by atoms with van der Waals surface area (Å²) >= 11 is 0. The first kappa shape index (κ1) is 24.0. The van der Waals surface area contributed by atoms with Crippen LogP contribution < -0.4 is 5.73 Å². The van der Waals surface area contributed by atoms with E-state index in [0.29, 0.717) is 11.2 Å². The van der Waals surface area contributed by atoms with E-state index in [2.05, 4.69) is 10.2 Å². The summed E-state index contributed by atoms with van der Waals surface area (Å²) in [7, 11) is 0. The van der Waals surface area contributed by atoms with Gasteiger partial charge in [-0.1, -0.05) is 7.43 Å². The largest absolute Gasteiger partial charge is 0.481 e. The third-order valence-corrected chi connectivity index (χ3v) is 3.12. The minimum absolute atomic E-state index is 0. The highest BCUT2D eigenvalue weighted by Gasteiger charge is 2.04. The molecule has 2 aromatic carbocycles. The molecule has 0 atom stereocenters. The summed E-state index contributed by atoms with van der Waals surface area (Å²) in [5.41, 5.74) is 7.18. The number of carboxylic acids is 1. The van der Waals surface area contributed by atoms with Crippen molar-refractivity contribution >= 4 is 22.6 Å². The lowest BCUT2D eigenvalue weighted by Gasteiger charge is -1.99. The normalized spacial score (nSPS) is 8.79. The van der Waals surface area contributed by atoms with Gasteiger partial charge in [-0.3, -0.25) is 9.89 Å². The van der Waals surface area contributed by atoms with Crippen molar-refractivity contribution < 1.29 is 18.7 Å². The summed E-state index contributed by atoms with van der Waals surface area (Å²) < 4.78 is 25.7. The Morgan fingerprint density at radius 1 is 1.14 bits per heavy atom. The molecule has 0 bridgehead atoms. The summed E-state index contributed by atoms with van der Waals surface area (Å²) in [4.78, 5) is 9.00. The van der Waals surface area contributed by atoms with E-state index in [1.165, 1.54) is 18.2 Å². The van der Waals surface area contributed by atoms with Crippen molar-refractivity contribution in [3.05, 3.63) is 58.8 Å². The monoisotopic (exact) mass is 387 g/mol. The van der Waals surface area contributed by atoms with Crippen LogP contribution in [0.1, 0.15) is 31.0 Å². The Balaban J connectivity index is 0.000000428. The molecule has 146 valence electrons. The van der Waals surface area contributed by atoms with Gasteiger partial charge in [0.15, 0.2) is 0 Å². The molecule has 0 aliphatic rings. The van der Waals surface area contributed by atoms with Crippen molar-refractivity contribution in [1.29, 1.82) is 10.5 Å². The Morgan fingerprint density at radius 2 is 1.64 bits per heavy atom. The van der Waals surface area contributed by atoms with Gasteiger partial charge in [0.2, 0.25) is 0 Å². The number of nitrogens with one attached hydrogen (secondary N) is 1. The molecule has 0 amide bonds. The molecule has 0 unspecified atom stereocenters. The van der Waals surface area contributed by atoms with E-state index < -0.39 is 17.6 Å². The van der Waals surface area contributed by atoms with Gasteiger partial charge in [0.1, 0.15) is 23.8 Å². The molecule has 3 rings (SSSR count). The number of nitrogens with two attached hydrogens (primary N) is 1. The Morgan fingerprint density at radius 3 is 2.18 bits per heavy atom. The molecule has 4 N–H and O–H groups in total. The number of H-pyrrole nitrogens is 1. The lowest BCUT2D eigenvalue weighted by atomic mass is 10.1. The van der Waals surface area contributed by atoms with Crippen LogP contribution in [0, 0.1) is 41.2 Å². The van der Waals surface area contributed by atoms with Gasteiger partial charge in [-0.2, -0.15) is 15.6 Å². The maximum Gasteiger partial charge on any atom is 0.300 e. The molecular weight excluding hydrogens is 368 g/mol. The number of halogens is 2. The number of benzene rings is 2. The van der Waals surface area contributed by atoms with Gasteiger partial charge in [0.05, 0.1) is 22.8 Å². The van der Waals surface area contributed by atoms with Gasteiger partial charge >= 0.3 is 0 Å². The van der Waals surface area contributed by atoms with Gasteiger partial charge in [-0.15, -0.1) is 0 Å². The molecule has 1 heterocycles. The maximum atomic E-state index is 12.9. The molecule has 0 fully saturated rings. The number of hydrogen-bond donors (Lipinski definition) is 3. The number of aromatic nitrogens is 2. The Hall–Kier alpha value is -3.98. The van der Waals surface area contributed by atoms with E-state index in [1.807, 2.05) is 0 Å². The number of carbonyl (C=O) groups is 1. The van der Waals surface area contributed by atoms with Crippen LogP contribution in [0.4, 0.5) is 14.5 Å². The van der Waals surface area contributed by atoms with Crippen LogP contribution in [0.15, 0.2) is 30.5 Å². The highest BCUT2D eigenvalue weighted by molar-refractivity contribution is 5.79. The number of aliphatic carboxylic acids is 1. The average Bonchev–Trinajstić information content (AvgIpc) is 3.04. The van der Waals surface area contributed by atoms with Crippen LogP contribution in [-0.2, 0) is 4.79 Å². The third-order valence-electron chi connectivity index (χ3n) is 3.12. The van der Waals surface area contributed by atoms with Crippen LogP contribution in [0.2, 0.25) is 0 Å². The van der Waals surface area contributed by atoms with E-state index in [1.54, 1.807) is 25.3 Å². The van der Waals surface area contributed by atoms with E-state index >= 15 is 0 Å². The minimum Gasteiger partial charge on any atom is -0.481 e. The number of nitrogens with zero attached hydrogens (tertiary/aromatic N) is 3. The molecule has 0 saturated carbocycles. The average molecular weight is 387 g/mol. The molecule has 0 spiro atoms. The van der Waals surface area contributed by atoms with E-state index in [0.717, 1.165) is 23.9 Å². The lowest BCUT2D eigenvalue weighted by molar-refractivity contribution is -0.134. The number of rotatable bonds is 0. The topological polar surface area (TPSA) is 140 Å². The molecule has 9 heteroatoms. The predicted octanol–water partition coefficient (Wildman–Crippen LogP) is 3.89. The van der Waals surface area contributed by atoms with Crippen molar-refractivity contribution in [3.8, 4) is 12.1 Å². The summed E-state index contributed by atoms with van der Waals surface area (Å²) in [5.74, 6) is -1.91. The van der Waals surface area contributed by atoms with Crippen LogP contribution in [0.3, 0.4) is 0 Å². The summed E-state index contributed by atoms with van der Waals surface area (Å²) in [6, 6.07) is 8.82. The number of fused-ring (bicyclic) bond motifs is 1. The second-order valence-corrected chi connectivity index (χ2v) is 5.22. The first-order valence-electron chi connectivity index (χ1n) is 7.37. The number of anilines is 1. The molecular formula is C19H19F2N5O2. The highest BCUT2D eigenvalue weighted by Crippen LogP contribution is 2.16. The van der Waals surface area contributed by atoms with Gasteiger partial charge in [-0.25, -0.2) is 8.78 Å². The standard InChI is InChI=1S/C8H4FN3.C8H7FN2.C2H4O2.CH4/c9-7-2-8-6(4-11-12-8)1-5(7)3-10;1-5-2-6(4-10)7(9)3-8(5)11;1-2(3)4;/h1-2,4H,(H,11,12);2-3H,11H2,1H3;1H3,(H,3,4);1H4. The highest BCUT2D eigenvalue weighted by atomic mass is 19.1. The Kier molecular flexibility index (Phi) is 9.34. The summed E-state index contributed by atoms with van der Waals surface area (Å²) in [6.45, 7) is 2.82. The second kappa shape index (κ2) is 10.9. The molecule has 1 aromatic heterocycles. The lowest BCUT2D eigenvalue weighted by Crippen LogP contribution is -1.93. The van der Waals surface area contributed by atoms with Crippen molar-refractivity contribution in [1.82, 2.24) is 10.2 Å². The predicted molar refractivity (Wildman–Crippen MR) is 101 cm³/mol. The minimum atomic E-state index is -0.833. The van der Waals surface area contributed by atoms with E-state index in [4.69, 9.17) is 26.2 Å². The number of aromatic amines is 1. The van der Waals surface area contributed by atoms with Crippen molar-refractivity contribution in [2.24, 2.45) is 0 Å². The van der Waals surface area contributed by atoms with Gasteiger partial charge < -0.3 is 10.8 Å². The Bertz CT molecular complexity index is 1040. The zero-order valence-corrected chi connectivity index (χ0v) is 14.4. The molecule has 3 aromatic rings. The second-order valence-electron chi connectivity index (χ2n) is 5.22. The first-order chi connectivity index (χ1) is 12.7. The number of nitrogen functional groups attached to an aromatic ring is 1. The van der Waals surface area contributed by atoms with Gasteiger partial charge in [0.25, 0.3) is 5.97 Å². The van der Waals surface area contributed by atoms with E-state index in [-0.39, 0.29) is 18.6 Å². The summed E-state index contributed by atoms with van der Waals surface area (Å²) in [6.07, 6.45) is 1.55. The van der Waals surface area contributed by atoms with Gasteiger partial charge in [0, 0.05) is 24.1 Å². The molecule has 0 radical (unpaired) electrons. The molecule has 7 nitrogen and oxygen atoms in total. The smallest absolute Gasteiger partial charge is 0.300 e. The zero-order valence-electron chi connectivity index (χ0n) is 14.4. The fourth-order valence-corrected chi connectivity index (χ4v) is 1.83. The van der Waals surface area contributed by atoms with E-state index in [9.17, 15) is 8.78 Å². The number of hydrogen-bond acceptors (Lipinski definition) is 5. The van der Waals surface area contributed by atoms with Crippen LogP contribution >= 0.6 is 0 Å². The number of carboxylic acid groups (broad SMARTS) is 1. The molecule has 28 heavy (non-hydrogen) atoms. The summed E-state index contributed by atoms with van der Waals surface area (Å²) in [5, 5.41) is 31.4. The van der Waals surface area contributed by atoms with Crippen LogP contribution in [0.5, 0.6) is 0 Å².